The van der Waals surface area contributed by atoms with E-state index < -0.39 is 0 Å². The van der Waals surface area contributed by atoms with Gasteiger partial charge in [-0.15, -0.1) is 11.3 Å². The van der Waals surface area contributed by atoms with Crippen LogP contribution in [0.3, 0.4) is 0 Å². The number of hydrogen-bond donors (Lipinski definition) is 1. The topological polar surface area (TPSA) is 29.3 Å². The van der Waals surface area contributed by atoms with Crippen LogP contribution in [-0.4, -0.2) is 24.0 Å². The second-order valence-electron chi connectivity index (χ2n) is 4.34. The molecule has 0 aliphatic rings. The minimum atomic E-state index is 0.620. The van der Waals surface area contributed by atoms with Gasteiger partial charge in [0.25, 0.3) is 0 Å². The average molecular weight is 240 g/mol. The zero-order valence-electron chi connectivity index (χ0n) is 10.7. The zero-order chi connectivity index (χ0) is 12.0. The van der Waals surface area contributed by atoms with Crippen molar-refractivity contribution in [2.24, 2.45) is 0 Å². The Hall–Kier alpha value is -0.540. The highest BCUT2D eigenvalue weighted by molar-refractivity contribution is 7.15. The molecule has 2 nitrogen and oxygen atoms in total. The number of likely N-dealkylation sites (N-methyl/N-ethyl adjacent to an activating group) is 1. The second kappa shape index (κ2) is 6.92. The molecule has 0 aliphatic heterocycles. The fraction of sp³-hybridized carbons (Fsp3) is 0.692. The smallest absolute Gasteiger partial charge is 0.0859 e. The molecule has 16 heavy (non-hydrogen) atoms. The number of rotatable bonds is 7. The van der Waals surface area contributed by atoms with E-state index in [1.165, 1.54) is 24.3 Å². The molecule has 1 heterocycles. The third-order valence-corrected chi connectivity index (χ3v) is 3.94. The van der Waals surface area contributed by atoms with Crippen LogP contribution in [0.4, 0.5) is 5.00 Å². The van der Waals surface area contributed by atoms with Crippen molar-refractivity contribution in [3.05, 3.63) is 17.0 Å². The van der Waals surface area contributed by atoms with Gasteiger partial charge in [0.2, 0.25) is 0 Å². The van der Waals surface area contributed by atoms with E-state index in [-0.39, 0.29) is 0 Å². The molecule has 1 aromatic heterocycles. The van der Waals surface area contributed by atoms with Gasteiger partial charge < -0.3 is 10.6 Å². The Morgan fingerprint density at radius 1 is 1.38 bits per heavy atom. The van der Waals surface area contributed by atoms with Crippen LogP contribution in [0.5, 0.6) is 0 Å². The first-order valence-corrected chi connectivity index (χ1v) is 7.07. The van der Waals surface area contributed by atoms with E-state index in [1.54, 1.807) is 11.3 Å². The fourth-order valence-corrected chi connectivity index (χ4v) is 2.88. The molecule has 0 saturated heterocycles. The van der Waals surface area contributed by atoms with Crippen LogP contribution in [0.15, 0.2) is 12.1 Å². The fourth-order valence-electron chi connectivity index (χ4n) is 1.98. The van der Waals surface area contributed by atoms with E-state index in [9.17, 15) is 0 Å². The predicted molar refractivity (Wildman–Crippen MR) is 74.1 cm³/mol. The Bertz CT molecular complexity index is 296. The van der Waals surface area contributed by atoms with Gasteiger partial charge in [0.15, 0.2) is 0 Å². The second-order valence-corrected chi connectivity index (χ2v) is 5.54. The summed E-state index contributed by atoms with van der Waals surface area (Å²) < 4.78 is 0. The van der Waals surface area contributed by atoms with E-state index in [1.807, 2.05) is 6.07 Å². The Morgan fingerprint density at radius 3 is 2.62 bits per heavy atom. The lowest BCUT2D eigenvalue weighted by Gasteiger charge is -2.27. The molecule has 0 radical (unpaired) electrons. The summed E-state index contributed by atoms with van der Waals surface area (Å²) in [7, 11) is 0. The van der Waals surface area contributed by atoms with Gasteiger partial charge in [0, 0.05) is 10.9 Å². The number of anilines is 1. The highest BCUT2D eigenvalue weighted by Gasteiger charge is 2.12. The summed E-state index contributed by atoms with van der Waals surface area (Å²) in [5.41, 5.74) is 5.75. The number of unbranched alkanes of at least 4 members (excludes halogenated alkanes) is 1. The highest BCUT2D eigenvalue weighted by Crippen LogP contribution is 2.21. The van der Waals surface area contributed by atoms with Gasteiger partial charge in [-0.1, -0.05) is 20.3 Å². The van der Waals surface area contributed by atoms with E-state index in [0.717, 1.165) is 18.0 Å². The molecule has 0 bridgehead atoms. The zero-order valence-corrected chi connectivity index (χ0v) is 11.5. The van der Waals surface area contributed by atoms with Gasteiger partial charge in [-0.3, -0.25) is 0 Å². The molecule has 1 unspecified atom stereocenters. The van der Waals surface area contributed by atoms with Crippen LogP contribution >= 0.6 is 11.3 Å². The molecule has 92 valence electrons. The molecule has 1 rings (SSSR count). The van der Waals surface area contributed by atoms with Crippen molar-refractivity contribution >= 4 is 16.3 Å². The molecule has 2 N–H and O–H groups in total. The maximum absolute atomic E-state index is 5.75. The summed E-state index contributed by atoms with van der Waals surface area (Å²) in [6, 6.07) is 4.79. The first-order chi connectivity index (χ1) is 7.67. The van der Waals surface area contributed by atoms with Gasteiger partial charge in [0.05, 0.1) is 5.00 Å². The first kappa shape index (κ1) is 13.5. The van der Waals surface area contributed by atoms with Gasteiger partial charge in [-0.05, 0) is 45.0 Å². The van der Waals surface area contributed by atoms with Crippen LogP contribution < -0.4 is 5.73 Å². The Balaban J connectivity index is 2.45. The Kier molecular flexibility index (Phi) is 5.85. The summed E-state index contributed by atoms with van der Waals surface area (Å²) in [5.74, 6) is 0. The molecule has 1 atom stereocenters. The lowest BCUT2D eigenvalue weighted by Crippen LogP contribution is -2.35. The molecule has 1 aromatic rings. The minimum absolute atomic E-state index is 0.620. The SMILES string of the molecule is CCCCN(CC)C(C)Cc1ccc(N)s1. The van der Waals surface area contributed by atoms with Crippen LogP contribution in [0.1, 0.15) is 38.5 Å². The largest absolute Gasteiger partial charge is 0.391 e. The van der Waals surface area contributed by atoms with Crippen LogP contribution in [0, 0.1) is 0 Å². The monoisotopic (exact) mass is 240 g/mol. The normalized spacial score (nSPS) is 13.2. The number of hydrogen-bond acceptors (Lipinski definition) is 3. The molecule has 0 spiro atoms. The molecule has 0 saturated carbocycles. The Morgan fingerprint density at radius 2 is 2.12 bits per heavy atom. The molecule has 3 heteroatoms. The third kappa shape index (κ3) is 4.14. The van der Waals surface area contributed by atoms with E-state index >= 15 is 0 Å². The highest BCUT2D eigenvalue weighted by atomic mass is 32.1. The molecule has 0 amide bonds. The number of thiophene rings is 1. The molecular formula is C13H24N2S. The van der Waals surface area contributed by atoms with E-state index in [4.69, 9.17) is 5.73 Å². The van der Waals surface area contributed by atoms with Gasteiger partial charge in [-0.2, -0.15) is 0 Å². The van der Waals surface area contributed by atoms with E-state index in [2.05, 4.69) is 31.7 Å². The lowest BCUT2D eigenvalue weighted by atomic mass is 10.1. The molecule has 0 fully saturated rings. The van der Waals surface area contributed by atoms with Crippen molar-refractivity contribution in [1.29, 1.82) is 0 Å². The number of nitrogen functional groups attached to an aromatic ring is 1. The molecular weight excluding hydrogens is 216 g/mol. The van der Waals surface area contributed by atoms with Crippen molar-refractivity contribution in [1.82, 2.24) is 4.90 Å². The summed E-state index contributed by atoms with van der Waals surface area (Å²) in [5, 5.41) is 0.929. The summed E-state index contributed by atoms with van der Waals surface area (Å²) in [6.07, 6.45) is 3.69. The summed E-state index contributed by atoms with van der Waals surface area (Å²) in [6.45, 7) is 9.17. The molecule has 0 aromatic carbocycles. The van der Waals surface area contributed by atoms with Gasteiger partial charge >= 0.3 is 0 Å². The molecule has 0 aliphatic carbocycles. The summed E-state index contributed by atoms with van der Waals surface area (Å²) >= 11 is 1.72. The third-order valence-electron chi connectivity index (χ3n) is 3.01. The lowest BCUT2D eigenvalue weighted by molar-refractivity contribution is 0.216. The van der Waals surface area contributed by atoms with Crippen molar-refractivity contribution in [2.45, 2.75) is 46.1 Å². The van der Waals surface area contributed by atoms with Gasteiger partial charge in [0.1, 0.15) is 0 Å². The van der Waals surface area contributed by atoms with Crippen molar-refractivity contribution in [3.63, 3.8) is 0 Å². The number of nitrogens with two attached hydrogens (primary N) is 1. The van der Waals surface area contributed by atoms with Gasteiger partial charge in [-0.25, -0.2) is 0 Å². The van der Waals surface area contributed by atoms with Crippen molar-refractivity contribution in [2.75, 3.05) is 18.8 Å². The maximum Gasteiger partial charge on any atom is 0.0859 e. The average Bonchev–Trinajstić information content (AvgIpc) is 2.65. The quantitative estimate of drug-likeness (QED) is 0.791. The van der Waals surface area contributed by atoms with Crippen molar-refractivity contribution in [3.8, 4) is 0 Å². The first-order valence-electron chi connectivity index (χ1n) is 6.25. The Labute approximate surface area is 103 Å². The van der Waals surface area contributed by atoms with Crippen LogP contribution in [0.2, 0.25) is 0 Å². The maximum atomic E-state index is 5.75. The standard InChI is InChI=1S/C13H24N2S/c1-4-6-9-15(5-2)11(3)10-12-7-8-13(14)16-12/h7-8,11H,4-6,9-10,14H2,1-3H3. The van der Waals surface area contributed by atoms with E-state index in [0.29, 0.717) is 6.04 Å². The van der Waals surface area contributed by atoms with Crippen molar-refractivity contribution < 1.29 is 0 Å². The predicted octanol–water partition coefficient (Wildman–Crippen LogP) is 3.38. The summed E-state index contributed by atoms with van der Waals surface area (Å²) in [4.78, 5) is 3.96. The van der Waals surface area contributed by atoms with Crippen LogP contribution in [0.25, 0.3) is 0 Å². The van der Waals surface area contributed by atoms with Crippen LogP contribution in [-0.2, 0) is 6.42 Å². The number of nitrogens with zero attached hydrogens (tertiary/aromatic N) is 1. The minimum Gasteiger partial charge on any atom is -0.391 e.